The lowest BCUT2D eigenvalue weighted by atomic mass is 10.1. The second-order valence-corrected chi connectivity index (χ2v) is 6.49. The molecular formula is C6H13NO3S2. The van der Waals surface area contributed by atoms with Crippen molar-refractivity contribution in [2.45, 2.75) is 12.8 Å². The summed E-state index contributed by atoms with van der Waals surface area (Å²) in [6, 6.07) is 0. The van der Waals surface area contributed by atoms with Crippen molar-refractivity contribution in [3.8, 4) is 0 Å². The third-order valence-electron chi connectivity index (χ3n) is 1.96. The van der Waals surface area contributed by atoms with Gasteiger partial charge in [-0.25, -0.2) is 12.6 Å². The van der Waals surface area contributed by atoms with Gasteiger partial charge in [-0.3, -0.25) is 5.14 Å². The molecular weight excluding hydrogens is 198 g/mol. The second kappa shape index (κ2) is 3.85. The van der Waals surface area contributed by atoms with E-state index in [1.165, 1.54) is 0 Å². The van der Waals surface area contributed by atoms with E-state index in [9.17, 15) is 12.6 Å². The van der Waals surface area contributed by atoms with Crippen molar-refractivity contribution in [2.75, 3.05) is 17.3 Å². The molecule has 6 heteroatoms. The van der Waals surface area contributed by atoms with Gasteiger partial charge in [-0.05, 0) is 18.8 Å². The molecule has 0 saturated carbocycles. The van der Waals surface area contributed by atoms with Crippen LogP contribution >= 0.6 is 0 Å². The fourth-order valence-electron chi connectivity index (χ4n) is 1.48. The van der Waals surface area contributed by atoms with E-state index < -0.39 is 20.8 Å². The summed E-state index contributed by atoms with van der Waals surface area (Å²) in [5.74, 6) is 0.769. The van der Waals surface area contributed by atoms with Crippen molar-refractivity contribution in [2.24, 2.45) is 11.1 Å². The molecule has 2 unspecified atom stereocenters. The number of hydrogen-bond acceptors (Lipinski definition) is 3. The molecule has 0 aromatic carbocycles. The van der Waals surface area contributed by atoms with Crippen LogP contribution in [-0.4, -0.2) is 29.9 Å². The van der Waals surface area contributed by atoms with Crippen LogP contribution in [0.1, 0.15) is 12.8 Å². The maximum Gasteiger partial charge on any atom is 0.150 e. The SMILES string of the molecule is NS(=O)CC1CCCS(=O)(=O)C1. The van der Waals surface area contributed by atoms with Gasteiger partial charge < -0.3 is 0 Å². The summed E-state index contributed by atoms with van der Waals surface area (Å²) < 4.78 is 32.8. The molecule has 2 atom stereocenters. The van der Waals surface area contributed by atoms with Gasteiger partial charge in [-0.15, -0.1) is 0 Å². The van der Waals surface area contributed by atoms with Crippen molar-refractivity contribution in [3.63, 3.8) is 0 Å². The first-order valence-electron chi connectivity index (χ1n) is 3.83. The molecule has 0 aromatic rings. The van der Waals surface area contributed by atoms with Gasteiger partial charge in [0.15, 0.2) is 9.84 Å². The average Bonchev–Trinajstić information content (AvgIpc) is 1.82. The molecule has 2 N–H and O–H groups in total. The van der Waals surface area contributed by atoms with E-state index in [1.807, 2.05) is 0 Å². The number of hydrogen-bond donors (Lipinski definition) is 1. The monoisotopic (exact) mass is 211 g/mol. The lowest BCUT2D eigenvalue weighted by Crippen LogP contribution is -2.30. The van der Waals surface area contributed by atoms with Crippen molar-refractivity contribution >= 4 is 20.8 Å². The molecule has 72 valence electrons. The fourth-order valence-corrected chi connectivity index (χ4v) is 4.16. The Morgan fingerprint density at radius 2 is 2.17 bits per heavy atom. The molecule has 1 saturated heterocycles. The summed E-state index contributed by atoms with van der Waals surface area (Å²) in [6.07, 6.45) is 1.52. The molecule has 4 nitrogen and oxygen atoms in total. The predicted molar refractivity (Wildman–Crippen MR) is 48.6 cm³/mol. The van der Waals surface area contributed by atoms with Crippen LogP contribution in [-0.2, 0) is 20.8 Å². The van der Waals surface area contributed by atoms with Gasteiger partial charge in [0.25, 0.3) is 0 Å². The maximum absolute atomic E-state index is 11.1. The molecule has 1 fully saturated rings. The molecule has 12 heavy (non-hydrogen) atoms. The largest absolute Gasteiger partial charge is 0.252 e. The number of nitrogens with two attached hydrogens (primary N) is 1. The molecule has 0 radical (unpaired) electrons. The normalized spacial score (nSPS) is 31.2. The zero-order chi connectivity index (χ0) is 9.19. The zero-order valence-electron chi connectivity index (χ0n) is 6.73. The van der Waals surface area contributed by atoms with Gasteiger partial charge in [0, 0.05) is 5.75 Å². The summed E-state index contributed by atoms with van der Waals surface area (Å²) in [5, 5.41) is 5.09. The van der Waals surface area contributed by atoms with Gasteiger partial charge in [0.1, 0.15) is 0 Å². The van der Waals surface area contributed by atoms with Gasteiger partial charge in [-0.2, -0.15) is 0 Å². The van der Waals surface area contributed by atoms with E-state index in [1.54, 1.807) is 0 Å². The molecule has 1 heterocycles. The van der Waals surface area contributed by atoms with Crippen LogP contribution in [0.2, 0.25) is 0 Å². The van der Waals surface area contributed by atoms with Crippen molar-refractivity contribution in [3.05, 3.63) is 0 Å². The lowest BCUT2D eigenvalue weighted by Gasteiger charge is -2.20. The Kier molecular flexibility index (Phi) is 3.25. The Morgan fingerprint density at radius 3 is 2.67 bits per heavy atom. The van der Waals surface area contributed by atoms with Crippen LogP contribution in [0.5, 0.6) is 0 Å². The molecule has 1 aliphatic heterocycles. The summed E-state index contributed by atoms with van der Waals surface area (Å²) in [7, 11) is -4.23. The molecule has 0 bridgehead atoms. The van der Waals surface area contributed by atoms with Gasteiger partial charge in [-0.1, -0.05) is 0 Å². The van der Waals surface area contributed by atoms with Crippen LogP contribution in [0.4, 0.5) is 0 Å². The molecule has 0 aliphatic carbocycles. The van der Waals surface area contributed by atoms with E-state index in [2.05, 4.69) is 0 Å². The van der Waals surface area contributed by atoms with E-state index in [4.69, 9.17) is 5.14 Å². The first-order valence-corrected chi connectivity index (χ1v) is 7.03. The minimum absolute atomic E-state index is 0.00887. The van der Waals surface area contributed by atoms with Crippen LogP contribution in [0, 0.1) is 5.92 Å². The van der Waals surface area contributed by atoms with Crippen LogP contribution in [0.15, 0.2) is 0 Å². The van der Waals surface area contributed by atoms with Gasteiger partial charge in [0.05, 0.1) is 22.5 Å². The summed E-state index contributed by atoms with van der Waals surface area (Å²) in [4.78, 5) is 0. The Balaban J connectivity index is 2.53. The van der Waals surface area contributed by atoms with E-state index >= 15 is 0 Å². The van der Waals surface area contributed by atoms with E-state index in [-0.39, 0.29) is 17.4 Å². The molecule has 0 aromatic heterocycles. The second-order valence-electron chi connectivity index (χ2n) is 3.17. The van der Waals surface area contributed by atoms with Crippen LogP contribution in [0.3, 0.4) is 0 Å². The molecule has 0 amide bonds. The Bertz CT molecular complexity index is 273. The quantitative estimate of drug-likeness (QED) is 0.664. The zero-order valence-corrected chi connectivity index (χ0v) is 8.36. The minimum atomic E-state index is -2.87. The smallest absolute Gasteiger partial charge is 0.150 e. The fraction of sp³-hybridized carbons (Fsp3) is 1.00. The summed E-state index contributed by atoms with van der Waals surface area (Å²) in [6.45, 7) is 0. The van der Waals surface area contributed by atoms with Crippen molar-refractivity contribution in [1.82, 2.24) is 0 Å². The molecule has 1 rings (SSSR count). The first kappa shape index (κ1) is 10.1. The minimum Gasteiger partial charge on any atom is -0.252 e. The van der Waals surface area contributed by atoms with E-state index in [0.29, 0.717) is 12.2 Å². The van der Waals surface area contributed by atoms with Gasteiger partial charge in [0.2, 0.25) is 0 Å². The number of sulfone groups is 1. The Labute approximate surface area is 75.0 Å². The van der Waals surface area contributed by atoms with Crippen molar-refractivity contribution in [1.29, 1.82) is 0 Å². The van der Waals surface area contributed by atoms with Gasteiger partial charge >= 0.3 is 0 Å². The number of rotatable bonds is 2. The summed E-state index contributed by atoms with van der Waals surface area (Å²) >= 11 is 0. The average molecular weight is 211 g/mol. The predicted octanol–water partition coefficient (Wildman–Crippen LogP) is -0.566. The van der Waals surface area contributed by atoms with Crippen LogP contribution < -0.4 is 5.14 Å². The lowest BCUT2D eigenvalue weighted by molar-refractivity contribution is 0.517. The highest BCUT2D eigenvalue weighted by molar-refractivity contribution is 7.91. The third kappa shape index (κ3) is 3.20. The topological polar surface area (TPSA) is 77.2 Å². The summed E-state index contributed by atoms with van der Waals surface area (Å²) in [5.41, 5.74) is 0. The van der Waals surface area contributed by atoms with Crippen molar-refractivity contribution < 1.29 is 12.6 Å². The molecule has 1 aliphatic rings. The highest BCUT2D eigenvalue weighted by Gasteiger charge is 2.25. The Hall–Kier alpha value is 0.0600. The Morgan fingerprint density at radius 1 is 1.50 bits per heavy atom. The first-order chi connectivity index (χ1) is 5.49. The van der Waals surface area contributed by atoms with E-state index in [0.717, 1.165) is 6.42 Å². The highest BCUT2D eigenvalue weighted by atomic mass is 32.2. The van der Waals surface area contributed by atoms with Crippen LogP contribution in [0.25, 0.3) is 0 Å². The molecule has 0 spiro atoms. The standard InChI is InChI=1S/C6H13NO3S2/c7-11(8)4-6-2-1-3-12(9,10)5-6/h6H,1-5,7H2. The maximum atomic E-state index is 11.1. The third-order valence-corrected chi connectivity index (χ3v) is 4.65. The highest BCUT2D eigenvalue weighted by Crippen LogP contribution is 2.18.